The quantitative estimate of drug-likeness (QED) is 0.345. The van der Waals surface area contributed by atoms with Crippen molar-refractivity contribution >= 4 is 5.91 Å². The molecule has 1 amide bonds. The number of hydrogen-bond acceptors (Lipinski definition) is 4. The molecule has 7 nitrogen and oxygen atoms in total. The molecule has 0 aliphatic carbocycles. The molecule has 0 saturated carbocycles. The van der Waals surface area contributed by atoms with Crippen molar-refractivity contribution < 1.29 is 22.7 Å². The third kappa shape index (κ3) is 6.34. The van der Waals surface area contributed by atoms with Gasteiger partial charge in [0.05, 0.1) is 25.3 Å². The minimum atomic E-state index is -2.87. The fraction of sp³-hybridized carbons (Fsp3) is 0.222. The second kappa shape index (κ2) is 11.7. The number of aromatic nitrogens is 3. The molecule has 0 bridgehead atoms. The average Bonchev–Trinajstić information content (AvgIpc) is 3.28. The third-order valence-electron chi connectivity index (χ3n) is 5.80. The van der Waals surface area contributed by atoms with Gasteiger partial charge >= 0.3 is 0 Å². The highest BCUT2D eigenvalue weighted by molar-refractivity contribution is 5.95. The summed E-state index contributed by atoms with van der Waals surface area (Å²) in [6, 6.07) is 16.1. The fourth-order valence-electron chi connectivity index (χ4n) is 3.93. The molecule has 4 rings (SSSR count). The van der Waals surface area contributed by atoms with Gasteiger partial charge in [0.1, 0.15) is 11.5 Å². The summed E-state index contributed by atoms with van der Waals surface area (Å²) in [6.07, 6.45) is 0.398. The summed E-state index contributed by atoms with van der Waals surface area (Å²) in [7, 11) is 1.46. The summed E-state index contributed by atoms with van der Waals surface area (Å²) in [4.78, 5) is 24.8. The summed E-state index contributed by atoms with van der Waals surface area (Å²) in [6.45, 7) is 0.467. The molecule has 2 aromatic carbocycles. The molecule has 2 aromatic heterocycles. The van der Waals surface area contributed by atoms with E-state index in [9.17, 15) is 22.8 Å². The minimum absolute atomic E-state index is 0.0580. The first-order valence-corrected chi connectivity index (χ1v) is 11.5. The molecule has 37 heavy (non-hydrogen) atoms. The van der Waals surface area contributed by atoms with E-state index in [-0.39, 0.29) is 23.3 Å². The van der Waals surface area contributed by atoms with Crippen molar-refractivity contribution in [3.63, 3.8) is 0 Å². The van der Waals surface area contributed by atoms with Crippen molar-refractivity contribution in [2.24, 2.45) is 0 Å². The lowest BCUT2D eigenvalue weighted by molar-refractivity contribution is 0.0943. The Hall–Kier alpha value is -4.18. The number of methoxy groups -OCH3 is 1. The lowest BCUT2D eigenvalue weighted by Crippen LogP contribution is -2.25. The molecule has 0 fully saturated rings. The number of carbonyl (C=O) groups excluding carboxylic acids is 1. The first-order chi connectivity index (χ1) is 17.9. The second-order valence-corrected chi connectivity index (χ2v) is 8.39. The first-order valence-electron chi connectivity index (χ1n) is 11.5. The van der Waals surface area contributed by atoms with Crippen molar-refractivity contribution in [3.05, 3.63) is 123 Å². The van der Waals surface area contributed by atoms with Crippen LogP contribution in [-0.2, 0) is 31.0 Å². The number of nitrogens with one attached hydrogen (secondary N) is 1. The van der Waals surface area contributed by atoms with E-state index in [2.05, 4.69) is 10.4 Å². The van der Waals surface area contributed by atoms with Crippen LogP contribution in [0.4, 0.5) is 13.2 Å². The number of amides is 1. The van der Waals surface area contributed by atoms with Crippen LogP contribution in [0.2, 0.25) is 0 Å². The first kappa shape index (κ1) is 25.9. The average molecular weight is 511 g/mol. The van der Waals surface area contributed by atoms with Gasteiger partial charge in [0.15, 0.2) is 0 Å². The van der Waals surface area contributed by atoms with Crippen molar-refractivity contribution in [2.45, 2.75) is 32.7 Å². The lowest BCUT2D eigenvalue weighted by atomic mass is 10.1. The smallest absolute Gasteiger partial charge is 0.264 e. The maximum atomic E-state index is 14.1. The Kier molecular flexibility index (Phi) is 8.19. The van der Waals surface area contributed by atoms with Gasteiger partial charge in [-0.2, -0.15) is 5.10 Å². The van der Waals surface area contributed by atoms with Gasteiger partial charge in [-0.3, -0.25) is 14.3 Å². The molecule has 0 saturated heterocycles. The van der Waals surface area contributed by atoms with Crippen LogP contribution in [0.5, 0.6) is 0 Å². The van der Waals surface area contributed by atoms with Crippen molar-refractivity contribution in [1.29, 1.82) is 0 Å². The largest absolute Gasteiger partial charge is 0.378 e. The minimum Gasteiger partial charge on any atom is -0.378 e. The highest BCUT2D eigenvalue weighted by Gasteiger charge is 2.20. The van der Waals surface area contributed by atoms with Crippen LogP contribution < -0.4 is 10.9 Å². The molecular weight excluding hydrogens is 485 g/mol. The summed E-state index contributed by atoms with van der Waals surface area (Å²) >= 11 is 0. The van der Waals surface area contributed by atoms with E-state index in [0.29, 0.717) is 18.8 Å². The summed E-state index contributed by atoms with van der Waals surface area (Å²) in [5, 5.41) is 6.94. The van der Waals surface area contributed by atoms with Gasteiger partial charge in [0.25, 0.3) is 17.9 Å². The van der Waals surface area contributed by atoms with Gasteiger partial charge in [-0.15, -0.1) is 0 Å². The Morgan fingerprint density at radius 1 is 1.03 bits per heavy atom. The molecule has 0 unspecified atom stereocenters. The Morgan fingerprint density at radius 3 is 2.43 bits per heavy atom. The predicted octanol–water partition coefficient (Wildman–Crippen LogP) is 4.29. The molecule has 0 aliphatic rings. The normalized spacial score (nSPS) is 11.2. The highest BCUT2D eigenvalue weighted by Crippen LogP contribution is 2.25. The number of nitrogens with zero attached hydrogens (tertiary/aromatic N) is 3. The van der Waals surface area contributed by atoms with Gasteiger partial charge in [0.2, 0.25) is 0 Å². The molecule has 0 radical (unpaired) electrons. The number of halogens is 3. The SMILES string of the molecule is COCc1nn(Cc2ccc(Cn3ccccc3=O)cc2)cc1C(=O)NCc1c(F)cccc1C(F)F. The van der Waals surface area contributed by atoms with E-state index < -0.39 is 30.3 Å². The van der Waals surface area contributed by atoms with Crippen molar-refractivity contribution in [3.8, 4) is 0 Å². The Balaban J connectivity index is 1.46. The summed E-state index contributed by atoms with van der Waals surface area (Å²) in [5.41, 5.74) is 1.63. The van der Waals surface area contributed by atoms with Crippen LogP contribution in [0, 0.1) is 5.82 Å². The van der Waals surface area contributed by atoms with Crippen LogP contribution in [0.15, 0.2) is 77.9 Å². The number of carbonyl (C=O) groups is 1. The van der Waals surface area contributed by atoms with Crippen molar-refractivity contribution in [1.82, 2.24) is 19.7 Å². The van der Waals surface area contributed by atoms with Crippen LogP contribution in [0.25, 0.3) is 0 Å². The van der Waals surface area contributed by atoms with Crippen LogP contribution >= 0.6 is 0 Å². The molecule has 0 aliphatic heterocycles. The van der Waals surface area contributed by atoms with E-state index in [1.54, 1.807) is 27.6 Å². The standard InChI is InChI=1S/C27H25F3N4O3/c1-37-17-24-22(27(36)31-13-21-20(26(29)30)5-4-6-23(21)28)16-34(32-24)15-19-10-8-18(9-11-19)14-33-12-3-2-7-25(33)35/h2-12,16,26H,13-15,17H2,1H3,(H,31,36). The number of alkyl halides is 2. The molecule has 4 aromatic rings. The maximum Gasteiger partial charge on any atom is 0.264 e. The van der Waals surface area contributed by atoms with Gasteiger partial charge in [0, 0.05) is 43.2 Å². The van der Waals surface area contributed by atoms with E-state index in [1.165, 1.54) is 25.4 Å². The van der Waals surface area contributed by atoms with E-state index in [0.717, 1.165) is 23.3 Å². The van der Waals surface area contributed by atoms with Crippen LogP contribution in [0.1, 0.15) is 44.7 Å². The monoisotopic (exact) mass is 510 g/mol. The van der Waals surface area contributed by atoms with Crippen LogP contribution in [0.3, 0.4) is 0 Å². The number of rotatable bonds is 10. The zero-order chi connectivity index (χ0) is 26.4. The molecular formula is C27H25F3N4O3. The highest BCUT2D eigenvalue weighted by atomic mass is 19.3. The Morgan fingerprint density at radius 2 is 1.76 bits per heavy atom. The molecule has 1 N–H and O–H groups in total. The molecule has 2 heterocycles. The topological polar surface area (TPSA) is 78.2 Å². The summed E-state index contributed by atoms with van der Waals surface area (Å²) < 4.78 is 49.0. The summed E-state index contributed by atoms with van der Waals surface area (Å²) in [5.74, 6) is -1.39. The number of pyridine rings is 1. The van der Waals surface area contributed by atoms with E-state index in [1.807, 2.05) is 24.3 Å². The fourth-order valence-corrected chi connectivity index (χ4v) is 3.93. The van der Waals surface area contributed by atoms with Gasteiger partial charge in [-0.1, -0.05) is 42.5 Å². The zero-order valence-electron chi connectivity index (χ0n) is 20.0. The van der Waals surface area contributed by atoms with Gasteiger partial charge < -0.3 is 14.6 Å². The number of ether oxygens (including phenoxy) is 1. The molecule has 0 atom stereocenters. The Labute approximate surface area is 211 Å². The van der Waals surface area contributed by atoms with E-state index in [4.69, 9.17) is 4.74 Å². The lowest BCUT2D eigenvalue weighted by Gasteiger charge is -2.11. The van der Waals surface area contributed by atoms with E-state index >= 15 is 0 Å². The second-order valence-electron chi connectivity index (χ2n) is 8.39. The Bertz CT molecular complexity index is 1430. The zero-order valence-corrected chi connectivity index (χ0v) is 20.0. The van der Waals surface area contributed by atoms with Gasteiger partial charge in [-0.25, -0.2) is 13.2 Å². The van der Waals surface area contributed by atoms with Gasteiger partial charge in [-0.05, 0) is 23.3 Å². The van der Waals surface area contributed by atoms with Crippen molar-refractivity contribution in [2.75, 3.05) is 7.11 Å². The molecule has 192 valence electrons. The third-order valence-corrected chi connectivity index (χ3v) is 5.80. The molecule has 0 spiro atoms. The number of hydrogen-bond donors (Lipinski definition) is 1. The maximum absolute atomic E-state index is 14.1. The molecule has 10 heteroatoms. The number of benzene rings is 2. The predicted molar refractivity (Wildman–Crippen MR) is 131 cm³/mol. The van der Waals surface area contributed by atoms with Crippen LogP contribution in [-0.4, -0.2) is 27.4 Å².